The van der Waals surface area contributed by atoms with Gasteiger partial charge in [-0.15, -0.1) is 0 Å². The molecule has 0 spiro atoms. The Morgan fingerprint density at radius 1 is 1.10 bits per heavy atom. The van der Waals surface area contributed by atoms with Crippen molar-refractivity contribution >= 4 is 0 Å². The third-order valence-corrected chi connectivity index (χ3v) is 3.60. The highest BCUT2D eigenvalue weighted by Gasteiger charge is 2.58. The van der Waals surface area contributed by atoms with Crippen LogP contribution in [0.15, 0.2) is 24.3 Å². The van der Waals surface area contributed by atoms with Crippen molar-refractivity contribution in [2.45, 2.75) is 50.8 Å². The van der Waals surface area contributed by atoms with Crippen LogP contribution in [0, 0.1) is 0 Å². The third-order valence-electron chi connectivity index (χ3n) is 3.60. The number of ether oxygens (including phenoxy) is 1. The second kappa shape index (κ2) is 6.73. The van der Waals surface area contributed by atoms with Crippen molar-refractivity contribution in [3.63, 3.8) is 0 Å². The van der Waals surface area contributed by atoms with Crippen molar-refractivity contribution in [3.8, 4) is 0 Å². The second-order valence-electron chi connectivity index (χ2n) is 5.11. The molecule has 6 heteroatoms. The van der Waals surface area contributed by atoms with Gasteiger partial charge in [0.05, 0.1) is 12.5 Å². The van der Waals surface area contributed by atoms with Crippen LogP contribution < -0.4 is 0 Å². The molecule has 1 aromatic rings. The molecule has 0 heterocycles. The fraction of sp³-hybridized carbons (Fsp3) is 0.600. The summed E-state index contributed by atoms with van der Waals surface area (Å²) in [5.74, 6) is -4.58. The van der Waals surface area contributed by atoms with Gasteiger partial charge >= 0.3 is 12.1 Å². The Morgan fingerprint density at radius 3 is 2.14 bits per heavy atom. The molecule has 1 rings (SSSR count). The lowest BCUT2D eigenvalue weighted by Crippen LogP contribution is -2.38. The number of hydrogen-bond acceptors (Lipinski definition) is 1. The maximum Gasteiger partial charge on any atom is 0.453 e. The minimum atomic E-state index is -5.57. The van der Waals surface area contributed by atoms with Crippen LogP contribution in [-0.4, -0.2) is 19.2 Å². The summed E-state index contributed by atoms with van der Waals surface area (Å²) in [5, 5.41) is 0. The van der Waals surface area contributed by atoms with Crippen molar-refractivity contribution in [2.75, 3.05) is 7.11 Å². The zero-order valence-corrected chi connectivity index (χ0v) is 12.2. The SMILES string of the molecule is CCC(C)c1cccc(C(CC(F)(F)C(F)(F)F)OC)c1. The van der Waals surface area contributed by atoms with Gasteiger partial charge in [-0.25, -0.2) is 0 Å². The molecule has 0 aliphatic carbocycles. The maximum absolute atomic E-state index is 13.2. The van der Waals surface area contributed by atoms with Crippen molar-refractivity contribution in [2.24, 2.45) is 0 Å². The molecule has 0 aromatic heterocycles. The minimum Gasteiger partial charge on any atom is -0.377 e. The Hall–Kier alpha value is -1.17. The van der Waals surface area contributed by atoms with Crippen LogP contribution in [0.4, 0.5) is 22.0 Å². The van der Waals surface area contributed by atoms with Gasteiger partial charge in [0.2, 0.25) is 0 Å². The van der Waals surface area contributed by atoms with Gasteiger partial charge in [0.1, 0.15) is 0 Å². The molecule has 1 nitrogen and oxygen atoms in total. The first-order valence-corrected chi connectivity index (χ1v) is 6.69. The lowest BCUT2D eigenvalue weighted by molar-refractivity contribution is -0.291. The van der Waals surface area contributed by atoms with Gasteiger partial charge in [-0.05, 0) is 23.5 Å². The van der Waals surface area contributed by atoms with Crippen molar-refractivity contribution in [1.29, 1.82) is 0 Å². The Kier molecular flexibility index (Phi) is 5.73. The highest BCUT2D eigenvalue weighted by molar-refractivity contribution is 5.28. The van der Waals surface area contributed by atoms with E-state index in [0.29, 0.717) is 5.56 Å². The largest absolute Gasteiger partial charge is 0.453 e. The summed E-state index contributed by atoms with van der Waals surface area (Å²) in [4.78, 5) is 0. The molecule has 21 heavy (non-hydrogen) atoms. The number of rotatable bonds is 6. The van der Waals surface area contributed by atoms with Crippen LogP contribution in [0.25, 0.3) is 0 Å². The number of methoxy groups -OCH3 is 1. The van der Waals surface area contributed by atoms with Crippen molar-refractivity contribution < 1.29 is 26.7 Å². The van der Waals surface area contributed by atoms with E-state index in [9.17, 15) is 22.0 Å². The summed E-state index contributed by atoms with van der Waals surface area (Å²) < 4.78 is 68.1. The molecule has 0 radical (unpaired) electrons. The van der Waals surface area contributed by atoms with E-state index in [-0.39, 0.29) is 5.92 Å². The molecule has 120 valence electrons. The Morgan fingerprint density at radius 2 is 1.67 bits per heavy atom. The molecule has 0 aliphatic rings. The van der Waals surface area contributed by atoms with E-state index in [1.165, 1.54) is 6.07 Å². The summed E-state index contributed by atoms with van der Waals surface area (Å²) in [6, 6.07) is 6.61. The fourth-order valence-corrected chi connectivity index (χ4v) is 1.99. The molecule has 2 atom stereocenters. The molecule has 0 aliphatic heterocycles. The van der Waals surface area contributed by atoms with E-state index in [4.69, 9.17) is 4.74 Å². The molecular formula is C15H19F5O. The van der Waals surface area contributed by atoms with E-state index in [1.807, 2.05) is 19.9 Å². The summed E-state index contributed by atoms with van der Waals surface area (Å²) >= 11 is 0. The monoisotopic (exact) mass is 310 g/mol. The molecule has 0 saturated carbocycles. The van der Waals surface area contributed by atoms with E-state index in [2.05, 4.69) is 0 Å². The zero-order valence-electron chi connectivity index (χ0n) is 12.2. The molecular weight excluding hydrogens is 291 g/mol. The van der Waals surface area contributed by atoms with Crippen LogP contribution in [-0.2, 0) is 4.74 Å². The van der Waals surface area contributed by atoms with Crippen LogP contribution >= 0.6 is 0 Å². The van der Waals surface area contributed by atoms with Gasteiger partial charge in [0, 0.05) is 7.11 Å². The van der Waals surface area contributed by atoms with Gasteiger partial charge in [-0.2, -0.15) is 22.0 Å². The number of halogens is 5. The predicted octanol–water partition coefficient (Wildman–Crippen LogP) is 5.48. The molecule has 0 N–H and O–H groups in total. The fourth-order valence-electron chi connectivity index (χ4n) is 1.99. The highest BCUT2D eigenvalue weighted by Crippen LogP contribution is 2.42. The summed E-state index contributed by atoms with van der Waals surface area (Å²) in [7, 11) is 1.13. The average Bonchev–Trinajstić information content (AvgIpc) is 2.42. The summed E-state index contributed by atoms with van der Waals surface area (Å²) in [5.41, 5.74) is 1.23. The van der Waals surface area contributed by atoms with E-state index in [0.717, 1.165) is 19.1 Å². The number of hydrogen-bond donors (Lipinski definition) is 0. The van der Waals surface area contributed by atoms with Crippen molar-refractivity contribution in [3.05, 3.63) is 35.4 Å². The highest BCUT2D eigenvalue weighted by atomic mass is 19.4. The zero-order chi connectivity index (χ0) is 16.3. The Labute approximate surface area is 121 Å². The van der Waals surface area contributed by atoms with E-state index in [1.54, 1.807) is 12.1 Å². The number of benzene rings is 1. The van der Waals surface area contributed by atoms with Crippen LogP contribution in [0.2, 0.25) is 0 Å². The summed E-state index contributed by atoms with van der Waals surface area (Å²) in [6.07, 6.45) is -7.44. The van der Waals surface area contributed by atoms with Gasteiger partial charge in [0.15, 0.2) is 0 Å². The van der Waals surface area contributed by atoms with Gasteiger partial charge in [0.25, 0.3) is 0 Å². The van der Waals surface area contributed by atoms with E-state index >= 15 is 0 Å². The molecule has 0 fully saturated rings. The lowest BCUT2D eigenvalue weighted by atomic mass is 9.94. The first-order valence-electron chi connectivity index (χ1n) is 6.69. The Balaban J connectivity index is 3.01. The van der Waals surface area contributed by atoms with Gasteiger partial charge in [-0.1, -0.05) is 38.1 Å². The third kappa shape index (κ3) is 4.40. The second-order valence-corrected chi connectivity index (χ2v) is 5.11. The quantitative estimate of drug-likeness (QED) is 0.633. The van der Waals surface area contributed by atoms with Crippen LogP contribution in [0.3, 0.4) is 0 Å². The van der Waals surface area contributed by atoms with Gasteiger partial charge in [-0.3, -0.25) is 0 Å². The topological polar surface area (TPSA) is 9.23 Å². The first kappa shape index (κ1) is 17.9. The Bertz CT molecular complexity index is 456. The molecule has 2 unspecified atom stereocenters. The standard InChI is InChI=1S/C15H19F5O/c1-4-10(2)11-6-5-7-12(8-11)13(21-3)9-14(16,17)15(18,19)20/h5-8,10,13H,4,9H2,1-3H3. The van der Waals surface area contributed by atoms with Crippen LogP contribution in [0.5, 0.6) is 0 Å². The molecule has 0 amide bonds. The molecule has 1 aromatic carbocycles. The van der Waals surface area contributed by atoms with E-state index < -0.39 is 24.6 Å². The average molecular weight is 310 g/mol. The van der Waals surface area contributed by atoms with Crippen LogP contribution in [0.1, 0.15) is 49.8 Å². The summed E-state index contributed by atoms with van der Waals surface area (Å²) in [6.45, 7) is 3.94. The van der Waals surface area contributed by atoms with Crippen molar-refractivity contribution in [1.82, 2.24) is 0 Å². The molecule has 0 saturated heterocycles. The molecule has 0 bridgehead atoms. The first-order chi connectivity index (χ1) is 9.62. The number of alkyl halides is 5. The smallest absolute Gasteiger partial charge is 0.377 e. The minimum absolute atomic E-state index is 0.200. The lowest BCUT2D eigenvalue weighted by Gasteiger charge is -2.25. The predicted molar refractivity (Wildman–Crippen MR) is 70.5 cm³/mol. The maximum atomic E-state index is 13.2. The van der Waals surface area contributed by atoms with Gasteiger partial charge < -0.3 is 4.74 Å². The normalized spacial score (nSPS) is 15.8.